The quantitative estimate of drug-likeness (QED) is 0.722. The molecule has 110 valence electrons. The van der Waals surface area contributed by atoms with Crippen LogP contribution in [0.15, 0.2) is 30.6 Å². The number of nitrogens with zero attached hydrogens (tertiary/aromatic N) is 5. The molecule has 21 heavy (non-hydrogen) atoms. The van der Waals surface area contributed by atoms with Gasteiger partial charge in [0.15, 0.2) is 0 Å². The maximum absolute atomic E-state index is 4.76. The molecule has 5 heteroatoms. The molecule has 0 aliphatic carbocycles. The van der Waals surface area contributed by atoms with E-state index in [1.54, 1.807) is 6.33 Å². The average Bonchev–Trinajstić information content (AvgIpc) is 3.06. The molecule has 1 aromatic carbocycles. The van der Waals surface area contributed by atoms with Gasteiger partial charge in [-0.2, -0.15) is 5.10 Å². The van der Waals surface area contributed by atoms with Gasteiger partial charge in [0.1, 0.15) is 18.0 Å². The van der Waals surface area contributed by atoms with E-state index in [9.17, 15) is 0 Å². The Morgan fingerprint density at radius 3 is 2.71 bits per heavy atom. The molecule has 0 N–H and O–H groups in total. The van der Waals surface area contributed by atoms with Crippen LogP contribution in [0, 0.1) is 0 Å². The highest BCUT2D eigenvalue weighted by molar-refractivity contribution is 5.76. The molecule has 0 aliphatic rings. The highest BCUT2D eigenvalue weighted by atomic mass is 15.4. The predicted octanol–water partition coefficient (Wildman–Crippen LogP) is 3.21. The predicted molar refractivity (Wildman–Crippen MR) is 83.2 cm³/mol. The van der Waals surface area contributed by atoms with Crippen molar-refractivity contribution in [1.82, 2.24) is 24.3 Å². The van der Waals surface area contributed by atoms with Crippen LogP contribution in [0.5, 0.6) is 0 Å². The highest BCUT2D eigenvalue weighted by Gasteiger charge is 2.14. The van der Waals surface area contributed by atoms with E-state index in [1.165, 1.54) is 5.52 Å². The van der Waals surface area contributed by atoms with Gasteiger partial charge in [0.25, 0.3) is 0 Å². The van der Waals surface area contributed by atoms with Crippen LogP contribution >= 0.6 is 0 Å². The third-order valence-electron chi connectivity index (χ3n) is 3.64. The molecule has 0 aliphatic heterocycles. The lowest BCUT2D eigenvalue weighted by molar-refractivity contribution is 0.495. The van der Waals surface area contributed by atoms with Gasteiger partial charge in [-0.15, -0.1) is 0 Å². The van der Waals surface area contributed by atoms with Gasteiger partial charge in [-0.25, -0.2) is 14.6 Å². The van der Waals surface area contributed by atoms with E-state index in [1.807, 2.05) is 10.7 Å². The van der Waals surface area contributed by atoms with E-state index in [0.29, 0.717) is 12.6 Å². The van der Waals surface area contributed by atoms with Crippen LogP contribution in [-0.4, -0.2) is 24.3 Å². The molecule has 0 fully saturated rings. The molecule has 2 heterocycles. The Bertz CT molecular complexity index is 738. The summed E-state index contributed by atoms with van der Waals surface area (Å²) in [7, 11) is 0. The molecule has 0 atom stereocenters. The van der Waals surface area contributed by atoms with E-state index in [2.05, 4.69) is 53.6 Å². The van der Waals surface area contributed by atoms with Crippen LogP contribution in [-0.2, 0) is 13.0 Å². The minimum absolute atomic E-state index is 0.312. The molecule has 0 spiro atoms. The van der Waals surface area contributed by atoms with Crippen molar-refractivity contribution in [3.63, 3.8) is 0 Å². The Morgan fingerprint density at radius 1 is 1.14 bits per heavy atom. The van der Waals surface area contributed by atoms with Crippen molar-refractivity contribution in [2.45, 2.75) is 46.2 Å². The van der Waals surface area contributed by atoms with Crippen LogP contribution in [0.2, 0.25) is 0 Å². The molecular weight excluding hydrogens is 262 g/mol. The smallest absolute Gasteiger partial charge is 0.147 e. The van der Waals surface area contributed by atoms with E-state index >= 15 is 0 Å². The monoisotopic (exact) mass is 283 g/mol. The Morgan fingerprint density at radius 2 is 1.95 bits per heavy atom. The van der Waals surface area contributed by atoms with Gasteiger partial charge in [0, 0.05) is 12.5 Å². The summed E-state index contributed by atoms with van der Waals surface area (Å²) in [5.74, 6) is 2.10. The van der Waals surface area contributed by atoms with Gasteiger partial charge in [0.05, 0.1) is 17.6 Å². The second-order valence-corrected chi connectivity index (χ2v) is 5.57. The van der Waals surface area contributed by atoms with E-state index < -0.39 is 0 Å². The van der Waals surface area contributed by atoms with Gasteiger partial charge in [-0.1, -0.05) is 19.1 Å². The van der Waals surface area contributed by atoms with Gasteiger partial charge in [-0.3, -0.25) is 0 Å². The van der Waals surface area contributed by atoms with E-state index in [4.69, 9.17) is 4.98 Å². The lowest BCUT2D eigenvalue weighted by Gasteiger charge is -2.12. The zero-order valence-corrected chi connectivity index (χ0v) is 12.8. The molecule has 0 radical (unpaired) electrons. The molecule has 0 saturated heterocycles. The second kappa shape index (κ2) is 5.68. The number of rotatable bonds is 5. The summed E-state index contributed by atoms with van der Waals surface area (Å²) in [6.45, 7) is 7.14. The number of para-hydroxylation sites is 2. The number of hydrogen-bond acceptors (Lipinski definition) is 3. The summed E-state index contributed by atoms with van der Waals surface area (Å²) in [6, 6.07) is 8.59. The molecule has 0 saturated carbocycles. The highest BCUT2D eigenvalue weighted by Crippen LogP contribution is 2.19. The van der Waals surface area contributed by atoms with Gasteiger partial charge >= 0.3 is 0 Å². The molecular formula is C16H21N5. The molecule has 3 aromatic rings. The zero-order valence-electron chi connectivity index (χ0n) is 12.8. The number of imidazole rings is 1. The minimum Gasteiger partial charge on any atom is -0.320 e. The standard InChI is InChI=1S/C16H21N5/c1-4-7-15-19-13-8-5-6-9-14(13)20(15)10-16-17-11-18-21(16)12(2)3/h5-6,8-9,11-12H,4,7,10H2,1-3H3. The van der Waals surface area contributed by atoms with Crippen molar-refractivity contribution in [2.24, 2.45) is 0 Å². The lowest BCUT2D eigenvalue weighted by Crippen LogP contribution is -2.13. The lowest BCUT2D eigenvalue weighted by atomic mass is 10.3. The van der Waals surface area contributed by atoms with Crippen molar-refractivity contribution >= 4 is 11.0 Å². The Hall–Kier alpha value is -2.17. The summed E-state index contributed by atoms with van der Waals surface area (Å²) in [6.07, 6.45) is 3.69. The van der Waals surface area contributed by atoms with Crippen molar-refractivity contribution in [3.8, 4) is 0 Å². The van der Waals surface area contributed by atoms with Gasteiger partial charge in [-0.05, 0) is 32.4 Å². The third kappa shape index (κ3) is 2.55. The molecule has 5 nitrogen and oxygen atoms in total. The van der Waals surface area contributed by atoms with Crippen LogP contribution in [0.3, 0.4) is 0 Å². The summed E-state index contributed by atoms with van der Waals surface area (Å²) >= 11 is 0. The number of aryl methyl sites for hydroxylation is 1. The molecule has 3 rings (SSSR count). The first kappa shape index (κ1) is 13.8. The second-order valence-electron chi connectivity index (χ2n) is 5.57. The third-order valence-corrected chi connectivity index (χ3v) is 3.64. The van der Waals surface area contributed by atoms with Crippen LogP contribution in [0.1, 0.15) is 44.9 Å². The summed E-state index contributed by atoms with van der Waals surface area (Å²) in [5, 5.41) is 4.32. The van der Waals surface area contributed by atoms with Crippen LogP contribution < -0.4 is 0 Å². The fourth-order valence-electron chi connectivity index (χ4n) is 2.68. The fourth-order valence-corrected chi connectivity index (χ4v) is 2.68. The first-order valence-corrected chi connectivity index (χ1v) is 7.53. The largest absolute Gasteiger partial charge is 0.320 e. The Kier molecular flexibility index (Phi) is 3.73. The minimum atomic E-state index is 0.312. The average molecular weight is 283 g/mol. The number of aromatic nitrogens is 5. The van der Waals surface area contributed by atoms with Crippen LogP contribution in [0.4, 0.5) is 0 Å². The maximum atomic E-state index is 4.76. The Labute approximate surface area is 124 Å². The van der Waals surface area contributed by atoms with Crippen molar-refractivity contribution in [2.75, 3.05) is 0 Å². The first-order valence-electron chi connectivity index (χ1n) is 7.53. The summed E-state index contributed by atoms with van der Waals surface area (Å²) in [4.78, 5) is 9.19. The summed E-state index contributed by atoms with van der Waals surface area (Å²) in [5.41, 5.74) is 2.22. The summed E-state index contributed by atoms with van der Waals surface area (Å²) < 4.78 is 4.24. The zero-order chi connectivity index (χ0) is 14.8. The number of benzene rings is 1. The van der Waals surface area contributed by atoms with Crippen molar-refractivity contribution in [1.29, 1.82) is 0 Å². The normalized spacial score (nSPS) is 11.6. The SMILES string of the molecule is CCCc1nc2ccccc2n1Cc1ncnn1C(C)C. The number of hydrogen-bond donors (Lipinski definition) is 0. The first-order chi connectivity index (χ1) is 10.2. The molecule has 0 bridgehead atoms. The molecule has 0 unspecified atom stereocenters. The van der Waals surface area contributed by atoms with Gasteiger partial charge < -0.3 is 4.57 Å². The van der Waals surface area contributed by atoms with Crippen molar-refractivity contribution in [3.05, 3.63) is 42.2 Å². The molecule has 0 amide bonds. The van der Waals surface area contributed by atoms with E-state index in [0.717, 1.165) is 30.0 Å². The van der Waals surface area contributed by atoms with Gasteiger partial charge in [0.2, 0.25) is 0 Å². The number of fused-ring (bicyclic) bond motifs is 1. The topological polar surface area (TPSA) is 48.5 Å². The van der Waals surface area contributed by atoms with Crippen molar-refractivity contribution < 1.29 is 0 Å². The van der Waals surface area contributed by atoms with Crippen LogP contribution in [0.25, 0.3) is 11.0 Å². The maximum Gasteiger partial charge on any atom is 0.147 e. The Balaban J connectivity index is 2.06. The van der Waals surface area contributed by atoms with E-state index in [-0.39, 0.29) is 0 Å². The fraction of sp³-hybridized carbons (Fsp3) is 0.438. The molecule has 2 aromatic heterocycles.